The normalized spacial score (nSPS) is 13.9. The number of anilines is 1. The number of nitrogens with one attached hydrogen (secondary N) is 2. The Hall–Kier alpha value is -2.38. The number of benzene rings is 2. The molecule has 0 heterocycles. The summed E-state index contributed by atoms with van der Waals surface area (Å²) in [6.07, 6.45) is 3.31. The number of sulfonamides is 1. The highest BCUT2D eigenvalue weighted by Gasteiger charge is 2.21. The van der Waals surface area contributed by atoms with Crippen LogP contribution in [0.15, 0.2) is 47.4 Å². The van der Waals surface area contributed by atoms with Gasteiger partial charge in [0.1, 0.15) is 0 Å². The van der Waals surface area contributed by atoms with Crippen LogP contribution >= 0.6 is 0 Å². The molecule has 29 heavy (non-hydrogen) atoms. The van der Waals surface area contributed by atoms with E-state index in [2.05, 4.69) is 10.0 Å². The molecule has 0 aliphatic heterocycles. The zero-order chi connectivity index (χ0) is 20.9. The van der Waals surface area contributed by atoms with Crippen LogP contribution in [0.1, 0.15) is 40.7 Å². The largest absolute Gasteiger partial charge is 0.381 e. The lowest BCUT2D eigenvalue weighted by atomic mass is 10.2. The first kappa shape index (κ1) is 21.3. The van der Waals surface area contributed by atoms with Crippen LogP contribution in [-0.2, 0) is 14.8 Å². The molecule has 1 amide bonds. The molecule has 7 heteroatoms. The third-order valence-electron chi connectivity index (χ3n) is 4.83. The molecule has 1 aliphatic rings. The molecule has 0 atom stereocenters. The van der Waals surface area contributed by atoms with Crippen LogP contribution in [0, 0.1) is 19.8 Å². The molecule has 2 aromatic rings. The van der Waals surface area contributed by atoms with Crippen molar-refractivity contribution in [2.24, 2.45) is 5.92 Å². The van der Waals surface area contributed by atoms with Crippen LogP contribution in [0.2, 0.25) is 0 Å². The van der Waals surface area contributed by atoms with Gasteiger partial charge in [0, 0.05) is 31.0 Å². The van der Waals surface area contributed by atoms with E-state index in [1.54, 1.807) is 43.3 Å². The second kappa shape index (κ2) is 9.41. The number of hydrogen-bond donors (Lipinski definition) is 2. The fourth-order valence-electron chi connectivity index (χ4n) is 2.91. The Morgan fingerprint density at radius 3 is 2.52 bits per heavy atom. The van der Waals surface area contributed by atoms with Gasteiger partial charge >= 0.3 is 0 Å². The highest BCUT2D eigenvalue weighted by atomic mass is 32.2. The molecule has 0 unspecified atom stereocenters. The van der Waals surface area contributed by atoms with Gasteiger partial charge in [-0.15, -0.1) is 0 Å². The van der Waals surface area contributed by atoms with Crippen LogP contribution in [0.3, 0.4) is 0 Å². The summed E-state index contributed by atoms with van der Waals surface area (Å²) in [5.74, 6) is 0.562. The molecule has 2 N–H and O–H groups in total. The van der Waals surface area contributed by atoms with Gasteiger partial charge in [0.15, 0.2) is 0 Å². The van der Waals surface area contributed by atoms with Crippen LogP contribution in [0.4, 0.5) is 5.69 Å². The van der Waals surface area contributed by atoms with Crippen LogP contribution < -0.4 is 10.0 Å². The number of carbonyl (C=O) groups is 1. The average Bonchev–Trinajstić information content (AvgIpc) is 3.51. The Morgan fingerprint density at radius 2 is 1.83 bits per heavy atom. The third kappa shape index (κ3) is 6.30. The highest BCUT2D eigenvalue weighted by Crippen LogP contribution is 2.28. The zero-order valence-corrected chi connectivity index (χ0v) is 17.7. The van der Waals surface area contributed by atoms with Gasteiger partial charge in [-0.3, -0.25) is 9.52 Å². The molecule has 1 fully saturated rings. The monoisotopic (exact) mass is 416 g/mol. The van der Waals surface area contributed by atoms with Crippen molar-refractivity contribution in [2.45, 2.75) is 38.0 Å². The van der Waals surface area contributed by atoms with E-state index in [1.165, 1.54) is 12.8 Å². The maximum absolute atomic E-state index is 12.7. The molecule has 0 saturated heterocycles. The molecule has 156 valence electrons. The number of carbonyl (C=O) groups excluding carboxylic acids is 1. The predicted octanol–water partition coefficient (Wildman–Crippen LogP) is 3.65. The summed E-state index contributed by atoms with van der Waals surface area (Å²) >= 11 is 0. The maximum atomic E-state index is 12.7. The standard InChI is InChI=1S/C22H28N2O4S/c1-16-4-5-17(2)21(14-16)29(26,27)24-20-10-8-19(9-11-20)22(25)23-12-3-13-28-15-18-6-7-18/h4-5,8-11,14,18,24H,3,6-7,12-13,15H2,1-2H3,(H,23,25). The average molecular weight is 417 g/mol. The summed E-state index contributed by atoms with van der Waals surface area (Å²) in [5, 5.41) is 2.85. The SMILES string of the molecule is Cc1ccc(C)c(S(=O)(=O)Nc2ccc(C(=O)NCCCOCC3CC3)cc2)c1. The molecule has 1 aliphatic carbocycles. The Bertz CT molecular complexity index is 951. The molecule has 0 aromatic heterocycles. The summed E-state index contributed by atoms with van der Waals surface area (Å²) in [6.45, 7) is 5.64. The van der Waals surface area contributed by atoms with Crippen molar-refractivity contribution in [3.63, 3.8) is 0 Å². The van der Waals surface area contributed by atoms with Gasteiger partial charge in [-0.25, -0.2) is 8.42 Å². The number of amides is 1. The van der Waals surface area contributed by atoms with Gasteiger partial charge in [0.25, 0.3) is 15.9 Å². The van der Waals surface area contributed by atoms with Crippen molar-refractivity contribution in [1.29, 1.82) is 0 Å². The van der Waals surface area contributed by atoms with Crippen LogP contribution in [0.25, 0.3) is 0 Å². The Balaban J connectivity index is 1.51. The minimum absolute atomic E-state index is 0.184. The fraction of sp³-hybridized carbons (Fsp3) is 0.409. The van der Waals surface area contributed by atoms with E-state index in [4.69, 9.17) is 4.74 Å². The predicted molar refractivity (Wildman–Crippen MR) is 114 cm³/mol. The van der Waals surface area contributed by atoms with Gasteiger partial charge in [-0.1, -0.05) is 12.1 Å². The molecule has 3 rings (SSSR count). The summed E-state index contributed by atoms with van der Waals surface area (Å²) < 4.78 is 33.4. The first-order valence-corrected chi connectivity index (χ1v) is 11.4. The van der Waals surface area contributed by atoms with Gasteiger partial charge < -0.3 is 10.1 Å². The molecular formula is C22H28N2O4S. The molecule has 0 radical (unpaired) electrons. The van der Waals surface area contributed by atoms with Crippen molar-refractivity contribution in [3.05, 3.63) is 59.2 Å². The van der Waals surface area contributed by atoms with E-state index in [0.29, 0.717) is 30.0 Å². The summed E-state index contributed by atoms with van der Waals surface area (Å²) in [7, 11) is -3.69. The first-order valence-electron chi connectivity index (χ1n) is 9.91. The first-order chi connectivity index (χ1) is 13.8. The molecule has 6 nitrogen and oxygen atoms in total. The van der Waals surface area contributed by atoms with E-state index >= 15 is 0 Å². The van der Waals surface area contributed by atoms with Crippen molar-refractivity contribution in [1.82, 2.24) is 5.32 Å². The van der Waals surface area contributed by atoms with E-state index in [9.17, 15) is 13.2 Å². The topological polar surface area (TPSA) is 84.5 Å². The van der Waals surface area contributed by atoms with Crippen molar-refractivity contribution in [3.8, 4) is 0 Å². The summed E-state index contributed by atoms with van der Waals surface area (Å²) in [6, 6.07) is 11.7. The smallest absolute Gasteiger partial charge is 0.262 e. The lowest BCUT2D eigenvalue weighted by Crippen LogP contribution is -2.25. The second-order valence-electron chi connectivity index (χ2n) is 7.58. The molecule has 2 aromatic carbocycles. The summed E-state index contributed by atoms with van der Waals surface area (Å²) in [4.78, 5) is 12.5. The molecular weight excluding hydrogens is 388 g/mol. The highest BCUT2D eigenvalue weighted by molar-refractivity contribution is 7.92. The number of ether oxygens (including phenoxy) is 1. The number of aryl methyl sites for hydroxylation is 2. The van der Waals surface area contributed by atoms with Gasteiger partial charge in [-0.2, -0.15) is 0 Å². The van der Waals surface area contributed by atoms with E-state index in [1.807, 2.05) is 13.0 Å². The van der Waals surface area contributed by atoms with E-state index in [-0.39, 0.29) is 10.8 Å². The van der Waals surface area contributed by atoms with Crippen molar-refractivity contribution < 1.29 is 17.9 Å². The molecule has 0 spiro atoms. The molecule has 1 saturated carbocycles. The van der Waals surface area contributed by atoms with Crippen LogP contribution in [-0.4, -0.2) is 34.1 Å². The van der Waals surface area contributed by atoms with E-state index in [0.717, 1.165) is 24.5 Å². The fourth-order valence-corrected chi connectivity index (χ4v) is 4.30. The number of rotatable bonds is 10. The van der Waals surface area contributed by atoms with Crippen molar-refractivity contribution >= 4 is 21.6 Å². The minimum atomic E-state index is -3.69. The Labute approximate surface area is 172 Å². The number of hydrogen-bond acceptors (Lipinski definition) is 4. The van der Waals surface area contributed by atoms with E-state index < -0.39 is 10.0 Å². The second-order valence-corrected chi connectivity index (χ2v) is 9.23. The van der Waals surface area contributed by atoms with Gasteiger partial charge in [-0.05, 0) is 80.5 Å². The van der Waals surface area contributed by atoms with Gasteiger partial charge in [0.2, 0.25) is 0 Å². The molecule has 0 bridgehead atoms. The van der Waals surface area contributed by atoms with Crippen molar-refractivity contribution in [2.75, 3.05) is 24.5 Å². The Kier molecular flexibility index (Phi) is 6.92. The Morgan fingerprint density at radius 1 is 1.10 bits per heavy atom. The maximum Gasteiger partial charge on any atom is 0.262 e. The quantitative estimate of drug-likeness (QED) is 0.579. The minimum Gasteiger partial charge on any atom is -0.381 e. The lowest BCUT2D eigenvalue weighted by molar-refractivity contribution is 0.0937. The summed E-state index contributed by atoms with van der Waals surface area (Å²) in [5.41, 5.74) is 2.45. The van der Waals surface area contributed by atoms with Crippen LogP contribution in [0.5, 0.6) is 0 Å². The third-order valence-corrected chi connectivity index (χ3v) is 6.36. The zero-order valence-electron chi connectivity index (χ0n) is 16.9. The van der Waals surface area contributed by atoms with Gasteiger partial charge in [0.05, 0.1) is 4.90 Å². The lowest BCUT2D eigenvalue weighted by Gasteiger charge is -2.12.